The summed E-state index contributed by atoms with van der Waals surface area (Å²) in [6.07, 6.45) is 0. The molecule has 8 bridgehead atoms. The van der Waals surface area contributed by atoms with Crippen LogP contribution >= 0.6 is 0 Å². The maximum Gasteiger partial charge on any atom is 0.335 e. The minimum Gasteiger partial charge on any atom is -0.478 e. The van der Waals surface area contributed by atoms with Crippen molar-refractivity contribution >= 4 is 55.8 Å². The Morgan fingerprint density at radius 1 is 0.562 bits per heavy atom. The summed E-state index contributed by atoms with van der Waals surface area (Å²) in [4.78, 5) is 49.2. The van der Waals surface area contributed by atoms with Gasteiger partial charge in [0.25, 0.3) is 0 Å². The van der Waals surface area contributed by atoms with Gasteiger partial charge in [-0.05, 0) is 62.1 Å². The number of aromatic amines is 2. The second kappa shape index (κ2) is 9.76. The Labute approximate surface area is 272 Å². The first-order valence-corrected chi connectivity index (χ1v) is 15.5. The fourth-order valence-electron chi connectivity index (χ4n) is 6.93. The highest BCUT2D eigenvalue weighted by Gasteiger charge is 2.26. The smallest absolute Gasteiger partial charge is 0.335 e. The lowest BCUT2D eigenvalue weighted by atomic mass is 9.96. The van der Waals surface area contributed by atoms with Crippen LogP contribution in [0, 0.1) is 27.7 Å². The van der Waals surface area contributed by atoms with E-state index in [0.29, 0.717) is 68.3 Å². The Balaban J connectivity index is 1.54. The van der Waals surface area contributed by atoms with Crippen molar-refractivity contribution < 1.29 is 9.90 Å². The summed E-state index contributed by atoms with van der Waals surface area (Å²) < 4.78 is 0. The number of carbonyl (C=O) groups is 1. The number of anilines is 1. The molecule has 0 amide bonds. The van der Waals surface area contributed by atoms with E-state index in [-0.39, 0.29) is 5.56 Å². The van der Waals surface area contributed by atoms with Gasteiger partial charge in [0, 0.05) is 44.1 Å². The molecule has 9 rings (SSSR count). The van der Waals surface area contributed by atoms with E-state index in [2.05, 4.69) is 9.97 Å². The van der Waals surface area contributed by atoms with Crippen LogP contribution in [0.5, 0.6) is 0 Å². The van der Waals surface area contributed by atoms with Crippen molar-refractivity contribution in [3.05, 3.63) is 88.5 Å². The molecular weight excluding hydrogens is 602 g/mol. The molecule has 5 heterocycles. The normalized spacial score (nSPS) is 12.0. The number of nitrogens with two attached hydrogens (primary N) is 1. The van der Waals surface area contributed by atoms with Gasteiger partial charge in [0.1, 0.15) is 22.6 Å². The maximum absolute atomic E-state index is 12.2. The zero-order valence-electron chi connectivity index (χ0n) is 26.4. The van der Waals surface area contributed by atoms with Gasteiger partial charge in [-0.25, -0.2) is 34.7 Å². The Bertz CT molecular complexity index is 2780. The van der Waals surface area contributed by atoms with Crippen molar-refractivity contribution in [2.45, 2.75) is 27.7 Å². The average molecular weight is 630 g/mol. The highest BCUT2D eigenvalue weighted by atomic mass is 16.4. The summed E-state index contributed by atoms with van der Waals surface area (Å²) in [7, 11) is 0. The molecule has 11 heteroatoms. The lowest BCUT2D eigenvalue weighted by Crippen LogP contribution is -2.01. The van der Waals surface area contributed by atoms with Crippen LogP contribution in [0.2, 0.25) is 0 Å². The third-order valence-corrected chi connectivity index (χ3v) is 9.67. The molecule has 0 saturated carbocycles. The van der Waals surface area contributed by atoms with Gasteiger partial charge < -0.3 is 20.8 Å². The molecule has 48 heavy (non-hydrogen) atoms. The minimum absolute atomic E-state index is 0.166. The number of rotatable bonds is 1. The summed E-state index contributed by atoms with van der Waals surface area (Å²) in [5.41, 5.74) is 16.3. The molecule has 2 aliphatic rings. The van der Waals surface area contributed by atoms with E-state index in [4.69, 9.17) is 35.6 Å². The van der Waals surface area contributed by atoms with Gasteiger partial charge in [-0.1, -0.05) is 48.5 Å². The summed E-state index contributed by atoms with van der Waals surface area (Å²) >= 11 is 0. The SMILES string of the molecule is Cc1c(C(=O)O)ccc2c1-c1nc-2nc2[nH]c(nc3nc(nc4[nH]c(n1)c1c(C)c(C)c(C)c(N)c41)-c1ccccc1-3)c1ccccc21. The van der Waals surface area contributed by atoms with E-state index in [1.165, 1.54) is 0 Å². The van der Waals surface area contributed by atoms with Gasteiger partial charge in [0.05, 0.1) is 10.9 Å². The number of benzene rings is 4. The fourth-order valence-corrected chi connectivity index (χ4v) is 6.93. The number of nitrogens with zero attached hydrogens (tertiary/aromatic N) is 6. The number of aromatic carboxylic acids is 1. The van der Waals surface area contributed by atoms with Crippen molar-refractivity contribution in [1.29, 1.82) is 0 Å². The molecule has 232 valence electrons. The Morgan fingerprint density at radius 2 is 1.08 bits per heavy atom. The largest absolute Gasteiger partial charge is 0.478 e. The van der Waals surface area contributed by atoms with E-state index >= 15 is 0 Å². The number of nitrogens with one attached hydrogen (secondary N) is 2. The molecule has 11 nitrogen and oxygen atoms in total. The van der Waals surface area contributed by atoms with Gasteiger partial charge in [-0.15, -0.1) is 0 Å². The number of hydrogen-bond acceptors (Lipinski definition) is 8. The third kappa shape index (κ3) is 3.78. The van der Waals surface area contributed by atoms with Crippen LogP contribution < -0.4 is 5.73 Å². The zero-order chi connectivity index (χ0) is 33.0. The van der Waals surface area contributed by atoms with Gasteiger partial charge in [0.2, 0.25) is 0 Å². The van der Waals surface area contributed by atoms with Crippen LogP contribution in [0.3, 0.4) is 0 Å². The summed E-state index contributed by atoms with van der Waals surface area (Å²) in [5.74, 6) is 0.709. The Hall–Kier alpha value is -6.49. The second-order valence-corrected chi connectivity index (χ2v) is 12.2. The molecule has 0 fully saturated rings. The molecule has 0 radical (unpaired) electrons. The molecule has 0 saturated heterocycles. The molecule has 3 aromatic heterocycles. The summed E-state index contributed by atoms with van der Waals surface area (Å²) in [6.45, 7) is 7.84. The molecule has 0 spiro atoms. The van der Waals surface area contributed by atoms with E-state index in [1.807, 2.05) is 69.3 Å². The molecular formula is C37H27N9O2. The van der Waals surface area contributed by atoms with E-state index in [9.17, 15) is 9.90 Å². The van der Waals surface area contributed by atoms with Gasteiger partial charge in [0.15, 0.2) is 23.3 Å². The van der Waals surface area contributed by atoms with Crippen molar-refractivity contribution in [2.75, 3.05) is 5.73 Å². The van der Waals surface area contributed by atoms with Gasteiger partial charge in [-0.2, -0.15) is 0 Å². The Morgan fingerprint density at radius 3 is 1.73 bits per heavy atom. The second-order valence-electron chi connectivity index (χ2n) is 12.2. The molecule has 0 unspecified atom stereocenters. The van der Waals surface area contributed by atoms with Crippen molar-refractivity contribution in [1.82, 2.24) is 39.9 Å². The number of fused-ring (bicyclic) bond motifs is 20. The maximum atomic E-state index is 12.2. The molecule has 4 aromatic carbocycles. The average Bonchev–Trinajstić information content (AvgIpc) is 3.82. The lowest BCUT2D eigenvalue weighted by Gasteiger charge is -2.10. The number of carboxylic acid groups (broad SMARTS) is 1. The van der Waals surface area contributed by atoms with Crippen LogP contribution in [0.15, 0.2) is 60.7 Å². The number of aryl methyl sites for hydroxylation is 1. The standard InChI is InChI=1S/C37H27N9O2/c1-15-16(2)26-27(28(38)17(15)3)36-43-32-23-12-8-7-11-22(23)30(41-32)39-29-20-9-5-6-10-21(20)31(40-29)42-33-24-14-13-19(37(47)48)18(4)25(24)34(44-33)45-35(26)46-36/h5-14H,38H2,1-4H3,(H,47,48)(H2,39,40,41,42,43,44,45,46). The van der Waals surface area contributed by atoms with E-state index in [1.54, 1.807) is 19.1 Å². The monoisotopic (exact) mass is 629 g/mol. The van der Waals surface area contributed by atoms with Crippen molar-refractivity contribution in [3.8, 4) is 45.6 Å². The number of aromatic nitrogens is 8. The predicted molar refractivity (Wildman–Crippen MR) is 186 cm³/mol. The van der Waals surface area contributed by atoms with Gasteiger partial charge >= 0.3 is 5.97 Å². The van der Waals surface area contributed by atoms with E-state index < -0.39 is 5.97 Å². The number of hydrogen-bond donors (Lipinski definition) is 4. The minimum atomic E-state index is -1.03. The van der Waals surface area contributed by atoms with Crippen LogP contribution in [-0.2, 0) is 0 Å². The molecule has 0 atom stereocenters. The van der Waals surface area contributed by atoms with Crippen molar-refractivity contribution in [2.24, 2.45) is 0 Å². The zero-order valence-corrected chi connectivity index (χ0v) is 26.4. The van der Waals surface area contributed by atoms with Gasteiger partial charge in [-0.3, -0.25) is 0 Å². The van der Waals surface area contributed by atoms with Crippen LogP contribution in [0.4, 0.5) is 5.69 Å². The lowest BCUT2D eigenvalue weighted by molar-refractivity contribution is 0.0696. The summed E-state index contributed by atoms with van der Waals surface area (Å²) in [6, 6.07) is 19.1. The quantitative estimate of drug-likeness (QED) is 0.135. The number of carboxylic acids is 1. The first-order valence-electron chi connectivity index (χ1n) is 15.5. The first-order chi connectivity index (χ1) is 23.2. The van der Waals surface area contributed by atoms with E-state index in [0.717, 1.165) is 49.4 Å². The first kappa shape index (κ1) is 27.8. The summed E-state index contributed by atoms with van der Waals surface area (Å²) in [5, 5.41) is 13.3. The third-order valence-electron chi connectivity index (χ3n) is 9.67. The van der Waals surface area contributed by atoms with Crippen LogP contribution in [0.25, 0.3) is 89.7 Å². The number of H-pyrrole nitrogens is 2. The highest BCUT2D eigenvalue weighted by Crippen LogP contribution is 2.41. The molecule has 2 aliphatic heterocycles. The van der Waals surface area contributed by atoms with Crippen LogP contribution in [0.1, 0.15) is 32.6 Å². The fraction of sp³-hybridized carbons (Fsp3) is 0.108. The number of nitrogen functional groups attached to an aromatic ring is 1. The van der Waals surface area contributed by atoms with Crippen LogP contribution in [-0.4, -0.2) is 50.9 Å². The highest BCUT2D eigenvalue weighted by molar-refractivity contribution is 6.14. The molecule has 7 aromatic rings. The molecule has 0 aliphatic carbocycles. The molecule has 5 N–H and O–H groups in total. The Kier molecular flexibility index (Phi) is 5.65. The predicted octanol–water partition coefficient (Wildman–Crippen LogP) is 7.38. The van der Waals surface area contributed by atoms with Crippen molar-refractivity contribution in [3.63, 3.8) is 0 Å². The topological polar surface area (TPSA) is 172 Å².